The fraction of sp³-hybridized carbons (Fsp3) is 0.250. The smallest absolute Gasteiger partial charge is 0.263 e. The predicted molar refractivity (Wildman–Crippen MR) is 73.1 cm³/mol. The van der Waals surface area contributed by atoms with Crippen molar-refractivity contribution in [2.45, 2.75) is 18.4 Å². The van der Waals surface area contributed by atoms with Gasteiger partial charge in [0.05, 0.1) is 10.6 Å². The molecule has 102 valence electrons. The Kier molecular flexibility index (Phi) is 3.59. The maximum absolute atomic E-state index is 12.3. The number of hydrogen-bond acceptors (Lipinski definition) is 4. The molecule has 0 atom stereocenters. The summed E-state index contributed by atoms with van der Waals surface area (Å²) in [6.07, 6.45) is 0. The van der Waals surface area contributed by atoms with Crippen LogP contribution in [0.2, 0.25) is 0 Å². The van der Waals surface area contributed by atoms with Crippen LogP contribution < -0.4 is 10.5 Å². The number of nitrogens with one attached hydrogen (secondary N) is 1. The van der Waals surface area contributed by atoms with Crippen molar-refractivity contribution in [3.63, 3.8) is 0 Å². The molecule has 1 heterocycles. The van der Waals surface area contributed by atoms with Gasteiger partial charge in [0.2, 0.25) is 0 Å². The Hall–Kier alpha value is -1.86. The minimum absolute atomic E-state index is 0.168. The van der Waals surface area contributed by atoms with Crippen molar-refractivity contribution < 1.29 is 8.42 Å². The van der Waals surface area contributed by atoms with E-state index in [1.54, 1.807) is 38.2 Å². The standard InChI is InChI=1S/C12H16N4O2S/c1-9-7-12(16(2)14-9)15-19(17,18)11-6-4-3-5-10(11)8-13/h3-7,15H,8,13H2,1-2H3. The Morgan fingerprint density at radius 2 is 2.05 bits per heavy atom. The Morgan fingerprint density at radius 1 is 1.37 bits per heavy atom. The molecule has 0 bridgehead atoms. The SMILES string of the molecule is Cc1cc(NS(=O)(=O)c2ccccc2CN)n(C)n1. The van der Waals surface area contributed by atoms with Crippen LogP contribution in [0.5, 0.6) is 0 Å². The van der Waals surface area contributed by atoms with E-state index in [9.17, 15) is 8.42 Å². The van der Waals surface area contributed by atoms with Crippen LogP contribution in [-0.2, 0) is 23.6 Å². The highest BCUT2D eigenvalue weighted by Crippen LogP contribution is 2.19. The van der Waals surface area contributed by atoms with Crippen LogP contribution in [0.1, 0.15) is 11.3 Å². The van der Waals surface area contributed by atoms with Gasteiger partial charge in [-0.15, -0.1) is 0 Å². The molecule has 7 heteroatoms. The summed E-state index contributed by atoms with van der Waals surface area (Å²) in [6.45, 7) is 1.97. The van der Waals surface area contributed by atoms with E-state index in [-0.39, 0.29) is 11.4 Å². The lowest BCUT2D eigenvalue weighted by Gasteiger charge is -2.11. The maximum Gasteiger partial charge on any atom is 0.263 e. The lowest BCUT2D eigenvalue weighted by Crippen LogP contribution is -2.18. The average molecular weight is 280 g/mol. The summed E-state index contributed by atoms with van der Waals surface area (Å²) in [5, 5.41) is 4.10. The second-order valence-corrected chi connectivity index (χ2v) is 5.86. The molecule has 0 unspecified atom stereocenters. The van der Waals surface area contributed by atoms with E-state index in [4.69, 9.17) is 5.73 Å². The minimum atomic E-state index is -3.66. The largest absolute Gasteiger partial charge is 0.326 e. The second kappa shape index (κ2) is 5.02. The van der Waals surface area contributed by atoms with Gasteiger partial charge in [0, 0.05) is 19.7 Å². The zero-order valence-electron chi connectivity index (χ0n) is 10.8. The van der Waals surface area contributed by atoms with Gasteiger partial charge in [0.15, 0.2) is 0 Å². The molecule has 0 aliphatic rings. The summed E-state index contributed by atoms with van der Waals surface area (Å²) in [6, 6.07) is 8.33. The summed E-state index contributed by atoms with van der Waals surface area (Å²) in [4.78, 5) is 0.191. The molecule has 6 nitrogen and oxygen atoms in total. The number of anilines is 1. The van der Waals surface area contributed by atoms with Gasteiger partial charge < -0.3 is 5.73 Å². The van der Waals surface area contributed by atoms with Gasteiger partial charge in [-0.25, -0.2) is 8.42 Å². The highest BCUT2D eigenvalue weighted by atomic mass is 32.2. The van der Waals surface area contributed by atoms with Gasteiger partial charge in [-0.3, -0.25) is 9.40 Å². The van der Waals surface area contributed by atoms with Gasteiger partial charge in [0.1, 0.15) is 5.82 Å². The minimum Gasteiger partial charge on any atom is -0.326 e. The summed E-state index contributed by atoms with van der Waals surface area (Å²) in [5.41, 5.74) is 6.89. The van der Waals surface area contributed by atoms with E-state index in [0.29, 0.717) is 11.4 Å². The zero-order valence-corrected chi connectivity index (χ0v) is 11.6. The topological polar surface area (TPSA) is 90.0 Å². The third kappa shape index (κ3) is 2.77. The first-order valence-electron chi connectivity index (χ1n) is 5.75. The number of benzene rings is 1. The van der Waals surface area contributed by atoms with E-state index < -0.39 is 10.0 Å². The third-order valence-corrected chi connectivity index (χ3v) is 4.18. The summed E-state index contributed by atoms with van der Waals surface area (Å²) in [5.74, 6) is 0.421. The maximum atomic E-state index is 12.3. The highest BCUT2D eigenvalue weighted by Gasteiger charge is 2.19. The molecule has 0 amide bonds. The van der Waals surface area contributed by atoms with Crippen molar-refractivity contribution >= 4 is 15.8 Å². The van der Waals surface area contributed by atoms with Crippen LogP contribution in [0.3, 0.4) is 0 Å². The van der Waals surface area contributed by atoms with Crippen molar-refractivity contribution in [2.75, 3.05) is 4.72 Å². The number of sulfonamides is 1. The fourth-order valence-corrected chi connectivity index (χ4v) is 3.16. The number of aryl methyl sites for hydroxylation is 2. The first kappa shape index (κ1) is 13.6. The van der Waals surface area contributed by atoms with E-state index in [1.165, 1.54) is 10.7 Å². The fourth-order valence-electron chi connectivity index (χ4n) is 1.83. The molecule has 0 spiro atoms. The van der Waals surface area contributed by atoms with Gasteiger partial charge >= 0.3 is 0 Å². The molecule has 2 rings (SSSR count). The summed E-state index contributed by atoms with van der Waals surface area (Å²) in [7, 11) is -1.98. The Morgan fingerprint density at radius 3 is 2.63 bits per heavy atom. The molecule has 0 aliphatic carbocycles. The molecule has 0 radical (unpaired) electrons. The quantitative estimate of drug-likeness (QED) is 0.873. The van der Waals surface area contributed by atoms with E-state index >= 15 is 0 Å². The molecule has 1 aromatic carbocycles. The molecule has 19 heavy (non-hydrogen) atoms. The van der Waals surface area contributed by atoms with Gasteiger partial charge in [-0.2, -0.15) is 5.10 Å². The second-order valence-electron chi connectivity index (χ2n) is 4.21. The van der Waals surface area contributed by atoms with Crippen molar-refractivity contribution in [1.29, 1.82) is 0 Å². The molecule has 0 aliphatic heterocycles. The lowest BCUT2D eigenvalue weighted by molar-refractivity contribution is 0.599. The third-order valence-electron chi connectivity index (χ3n) is 2.72. The molecule has 1 aromatic heterocycles. The summed E-state index contributed by atoms with van der Waals surface area (Å²) < 4.78 is 28.7. The highest BCUT2D eigenvalue weighted by molar-refractivity contribution is 7.92. The number of nitrogens with two attached hydrogens (primary N) is 1. The number of rotatable bonds is 4. The van der Waals surface area contributed by atoms with Crippen LogP contribution >= 0.6 is 0 Å². The van der Waals surface area contributed by atoms with Crippen molar-refractivity contribution in [1.82, 2.24) is 9.78 Å². The van der Waals surface area contributed by atoms with Gasteiger partial charge in [-0.1, -0.05) is 18.2 Å². The lowest BCUT2D eigenvalue weighted by atomic mass is 10.2. The molecule has 0 fully saturated rings. The van der Waals surface area contributed by atoms with E-state index in [2.05, 4.69) is 9.82 Å². The average Bonchev–Trinajstić information content (AvgIpc) is 2.67. The van der Waals surface area contributed by atoms with E-state index in [0.717, 1.165) is 5.69 Å². The molecule has 2 aromatic rings. The predicted octanol–water partition coefficient (Wildman–Crippen LogP) is 0.988. The Bertz CT molecular complexity index is 692. The monoisotopic (exact) mass is 280 g/mol. The number of aromatic nitrogens is 2. The van der Waals surface area contributed by atoms with Crippen LogP contribution in [0, 0.1) is 6.92 Å². The number of hydrogen-bond donors (Lipinski definition) is 2. The first-order chi connectivity index (χ1) is 8.94. The van der Waals surface area contributed by atoms with Gasteiger partial charge in [0.25, 0.3) is 10.0 Å². The van der Waals surface area contributed by atoms with Crippen molar-refractivity contribution in [3.8, 4) is 0 Å². The van der Waals surface area contributed by atoms with Crippen molar-refractivity contribution in [3.05, 3.63) is 41.6 Å². The number of nitrogens with zero attached hydrogens (tertiary/aromatic N) is 2. The van der Waals surface area contributed by atoms with E-state index in [1.807, 2.05) is 0 Å². The first-order valence-corrected chi connectivity index (χ1v) is 7.24. The van der Waals surface area contributed by atoms with Crippen LogP contribution in [0.4, 0.5) is 5.82 Å². The Balaban J connectivity index is 2.40. The van der Waals surface area contributed by atoms with Crippen LogP contribution in [-0.4, -0.2) is 18.2 Å². The Labute approximate surface area is 112 Å². The van der Waals surface area contributed by atoms with Gasteiger partial charge in [-0.05, 0) is 18.6 Å². The van der Waals surface area contributed by atoms with Crippen LogP contribution in [0.25, 0.3) is 0 Å². The zero-order chi connectivity index (χ0) is 14.0. The normalized spacial score (nSPS) is 11.5. The molecule has 0 saturated heterocycles. The molecular weight excluding hydrogens is 264 g/mol. The molecular formula is C12H16N4O2S. The molecule has 3 N–H and O–H groups in total. The van der Waals surface area contributed by atoms with Crippen molar-refractivity contribution in [2.24, 2.45) is 12.8 Å². The van der Waals surface area contributed by atoms with Crippen LogP contribution in [0.15, 0.2) is 35.2 Å². The molecule has 0 saturated carbocycles. The summed E-state index contributed by atoms with van der Waals surface area (Å²) >= 11 is 0.